The Labute approximate surface area is 101 Å². The molecule has 86 valence electrons. The zero-order chi connectivity index (χ0) is 11.4. The summed E-state index contributed by atoms with van der Waals surface area (Å²) in [5.74, 6) is 0. The van der Waals surface area contributed by atoms with Crippen LogP contribution in [0.5, 0.6) is 0 Å². The Kier molecular flexibility index (Phi) is 3.82. The van der Waals surface area contributed by atoms with E-state index in [1.165, 1.54) is 0 Å². The number of hydrogen-bond acceptors (Lipinski definition) is 3. The second kappa shape index (κ2) is 5.34. The summed E-state index contributed by atoms with van der Waals surface area (Å²) in [7, 11) is 0. The third kappa shape index (κ3) is 2.55. The number of ether oxygens (including phenoxy) is 1. The van der Waals surface area contributed by atoms with E-state index >= 15 is 0 Å². The summed E-state index contributed by atoms with van der Waals surface area (Å²) in [5.41, 5.74) is 9.19. The first-order chi connectivity index (χ1) is 7.81. The molecule has 1 unspecified atom stereocenters. The van der Waals surface area contributed by atoms with Crippen LogP contribution in [0.2, 0.25) is 0 Å². The highest BCUT2D eigenvalue weighted by Crippen LogP contribution is 2.25. The number of hydrogen-bond donors (Lipinski definition) is 0. The Hall–Kier alpha value is -1.04. The Morgan fingerprint density at radius 2 is 2.56 bits per heavy atom. The molecule has 0 amide bonds. The lowest BCUT2D eigenvalue weighted by Gasteiger charge is -2.24. The molecule has 0 aromatic carbocycles. The van der Waals surface area contributed by atoms with Crippen molar-refractivity contribution in [2.24, 2.45) is 5.11 Å². The minimum absolute atomic E-state index is 0.0241. The molecule has 0 radical (unpaired) electrons. The number of nitrogens with zero attached hydrogens (tertiary/aromatic N) is 5. The summed E-state index contributed by atoms with van der Waals surface area (Å²) < 4.78 is 8.19. The van der Waals surface area contributed by atoms with Crippen molar-refractivity contribution in [3.63, 3.8) is 0 Å². The van der Waals surface area contributed by atoms with Gasteiger partial charge in [-0.15, -0.1) is 0 Å². The van der Waals surface area contributed by atoms with Crippen LogP contribution in [0, 0.1) is 0 Å². The van der Waals surface area contributed by atoms with Crippen molar-refractivity contribution in [3.8, 4) is 0 Å². The molecular weight excluding hydrogens is 274 g/mol. The van der Waals surface area contributed by atoms with Crippen molar-refractivity contribution in [3.05, 3.63) is 26.8 Å². The Bertz CT molecular complexity index is 406. The predicted molar refractivity (Wildman–Crippen MR) is 61.6 cm³/mol. The van der Waals surface area contributed by atoms with E-state index in [9.17, 15) is 0 Å². The van der Waals surface area contributed by atoms with E-state index in [2.05, 4.69) is 31.1 Å². The highest BCUT2D eigenvalue weighted by Gasteiger charge is 2.19. The van der Waals surface area contributed by atoms with Gasteiger partial charge in [-0.05, 0) is 46.8 Å². The van der Waals surface area contributed by atoms with E-state index in [0.717, 1.165) is 36.2 Å². The van der Waals surface area contributed by atoms with Crippen molar-refractivity contribution >= 4 is 15.9 Å². The van der Waals surface area contributed by atoms with Crippen LogP contribution in [0.15, 0.2) is 15.8 Å². The number of aromatic nitrogens is 2. The second-order valence-electron chi connectivity index (χ2n) is 3.61. The van der Waals surface area contributed by atoms with Crippen LogP contribution < -0.4 is 0 Å². The smallest absolute Gasteiger partial charge is 0.150 e. The molecule has 0 aliphatic carbocycles. The zero-order valence-corrected chi connectivity index (χ0v) is 10.3. The maximum absolute atomic E-state index is 8.32. The number of rotatable bonds is 3. The molecule has 0 spiro atoms. The van der Waals surface area contributed by atoms with Gasteiger partial charge in [0, 0.05) is 17.2 Å². The summed E-state index contributed by atoms with van der Waals surface area (Å²) in [6.45, 7) is 1.07. The van der Waals surface area contributed by atoms with Crippen molar-refractivity contribution < 1.29 is 4.74 Å². The Balaban J connectivity index is 2.20. The molecule has 1 aromatic rings. The van der Waals surface area contributed by atoms with E-state index in [4.69, 9.17) is 10.3 Å². The molecule has 1 aromatic heterocycles. The van der Waals surface area contributed by atoms with E-state index in [1.54, 1.807) is 4.68 Å². The topological polar surface area (TPSA) is 75.8 Å². The van der Waals surface area contributed by atoms with Gasteiger partial charge in [0.15, 0.2) is 0 Å². The number of azide groups is 1. The Morgan fingerprint density at radius 1 is 1.69 bits per heavy atom. The first kappa shape index (κ1) is 11.4. The van der Waals surface area contributed by atoms with Gasteiger partial charge < -0.3 is 4.74 Å². The van der Waals surface area contributed by atoms with Crippen molar-refractivity contribution in [2.75, 3.05) is 6.61 Å². The predicted octanol–water partition coefficient (Wildman–Crippen LogP) is 3.16. The van der Waals surface area contributed by atoms with Gasteiger partial charge in [-0.1, -0.05) is 5.11 Å². The molecule has 0 saturated carbocycles. The third-order valence-electron chi connectivity index (χ3n) is 2.51. The zero-order valence-electron chi connectivity index (χ0n) is 8.71. The molecule has 2 rings (SSSR count). The normalized spacial score (nSPS) is 20.4. The van der Waals surface area contributed by atoms with Crippen LogP contribution in [0.25, 0.3) is 10.4 Å². The molecule has 7 heteroatoms. The summed E-state index contributed by atoms with van der Waals surface area (Å²) in [4.78, 5) is 2.75. The lowest BCUT2D eigenvalue weighted by Crippen LogP contribution is -2.20. The fourth-order valence-electron chi connectivity index (χ4n) is 1.79. The highest BCUT2D eigenvalue weighted by atomic mass is 79.9. The third-order valence-corrected chi connectivity index (χ3v) is 2.90. The fourth-order valence-corrected chi connectivity index (χ4v) is 2.22. The summed E-state index contributed by atoms with van der Waals surface area (Å²) in [6.07, 6.45) is 3.18. The van der Waals surface area contributed by atoms with Gasteiger partial charge in [0.25, 0.3) is 0 Å². The van der Waals surface area contributed by atoms with Gasteiger partial charge in [0.1, 0.15) is 10.8 Å². The lowest BCUT2D eigenvalue weighted by molar-refractivity contribution is -0.0412. The van der Waals surface area contributed by atoms with Crippen molar-refractivity contribution in [1.82, 2.24) is 9.78 Å². The SMILES string of the molecule is [N-]=[N+]=NCc1cc(Br)nn1C1CCCCO1. The van der Waals surface area contributed by atoms with E-state index < -0.39 is 0 Å². The summed E-state index contributed by atoms with van der Waals surface area (Å²) in [6, 6.07) is 1.85. The lowest BCUT2D eigenvalue weighted by atomic mass is 10.2. The Morgan fingerprint density at radius 3 is 3.25 bits per heavy atom. The highest BCUT2D eigenvalue weighted by molar-refractivity contribution is 9.10. The molecule has 0 N–H and O–H groups in total. The molecule has 1 aliphatic heterocycles. The first-order valence-electron chi connectivity index (χ1n) is 5.17. The van der Waals surface area contributed by atoms with Gasteiger partial charge in [-0.25, -0.2) is 4.68 Å². The molecule has 1 aliphatic rings. The van der Waals surface area contributed by atoms with Gasteiger partial charge >= 0.3 is 0 Å². The van der Waals surface area contributed by atoms with Crippen LogP contribution in [0.4, 0.5) is 0 Å². The summed E-state index contributed by atoms with van der Waals surface area (Å²) >= 11 is 3.32. The van der Waals surface area contributed by atoms with Gasteiger partial charge in [0.05, 0.1) is 6.54 Å². The maximum atomic E-state index is 8.32. The van der Waals surface area contributed by atoms with Crippen LogP contribution in [-0.4, -0.2) is 16.4 Å². The molecule has 1 saturated heterocycles. The average molecular weight is 286 g/mol. The van der Waals surface area contributed by atoms with Crippen molar-refractivity contribution in [1.29, 1.82) is 0 Å². The van der Waals surface area contributed by atoms with Gasteiger partial charge in [-0.2, -0.15) is 5.10 Å². The standard InChI is InChI=1S/C9H12BrN5O/c10-8-5-7(6-12-14-11)15(13-8)9-3-1-2-4-16-9/h5,9H,1-4,6H2. The van der Waals surface area contributed by atoms with Gasteiger partial charge in [0.2, 0.25) is 0 Å². The number of halogens is 1. The second-order valence-corrected chi connectivity index (χ2v) is 4.43. The van der Waals surface area contributed by atoms with Crippen LogP contribution >= 0.6 is 15.9 Å². The quantitative estimate of drug-likeness (QED) is 0.486. The van der Waals surface area contributed by atoms with Crippen LogP contribution in [0.1, 0.15) is 31.2 Å². The fraction of sp³-hybridized carbons (Fsp3) is 0.667. The molecule has 0 bridgehead atoms. The summed E-state index contributed by atoms with van der Waals surface area (Å²) in [5, 5.41) is 7.87. The molecule has 1 atom stereocenters. The molecule has 1 fully saturated rings. The maximum Gasteiger partial charge on any atom is 0.150 e. The minimum Gasteiger partial charge on any atom is -0.357 e. The average Bonchev–Trinajstić information content (AvgIpc) is 2.69. The monoisotopic (exact) mass is 285 g/mol. The minimum atomic E-state index is -0.0241. The van der Waals surface area contributed by atoms with Crippen LogP contribution in [0.3, 0.4) is 0 Å². The molecule has 16 heavy (non-hydrogen) atoms. The molecular formula is C9H12BrN5O. The van der Waals surface area contributed by atoms with E-state index in [-0.39, 0.29) is 6.23 Å². The largest absolute Gasteiger partial charge is 0.357 e. The molecule has 6 nitrogen and oxygen atoms in total. The van der Waals surface area contributed by atoms with Gasteiger partial charge in [-0.3, -0.25) is 0 Å². The van der Waals surface area contributed by atoms with Crippen molar-refractivity contribution in [2.45, 2.75) is 32.0 Å². The van der Waals surface area contributed by atoms with E-state index in [1.807, 2.05) is 6.07 Å². The van der Waals surface area contributed by atoms with Crippen LogP contribution in [-0.2, 0) is 11.3 Å². The van der Waals surface area contributed by atoms with E-state index in [0.29, 0.717) is 6.54 Å². The molecule has 2 heterocycles. The first-order valence-corrected chi connectivity index (χ1v) is 5.97.